The van der Waals surface area contributed by atoms with Crippen molar-refractivity contribution < 1.29 is 4.79 Å². The van der Waals surface area contributed by atoms with E-state index in [0.29, 0.717) is 17.4 Å². The van der Waals surface area contributed by atoms with Crippen molar-refractivity contribution >= 4 is 34.9 Å². The molecule has 5 rings (SSSR count). The van der Waals surface area contributed by atoms with Crippen LogP contribution in [0.25, 0.3) is 5.69 Å². The largest absolute Gasteiger partial charge is 0.336 e. The fourth-order valence-corrected chi connectivity index (χ4v) is 8.81. The molecular weight excluding hydrogens is 455 g/mol. The van der Waals surface area contributed by atoms with Gasteiger partial charge in [0.15, 0.2) is 19.0 Å². The second-order valence-corrected chi connectivity index (χ2v) is 11.3. The minimum atomic E-state index is -2.83. The number of nitrogens with zero attached hydrogens (tertiary/aromatic N) is 1. The summed E-state index contributed by atoms with van der Waals surface area (Å²) in [5.74, 6) is 0. The molecule has 0 saturated carbocycles. The molecule has 0 unspecified atom stereocenters. The lowest BCUT2D eigenvalue weighted by Crippen LogP contribution is -2.49. The lowest BCUT2D eigenvalue weighted by atomic mass is 10.3. The second-order valence-electron chi connectivity index (χ2n) is 7.96. The maximum Gasteiger partial charge on any atom is 0.336 e. The van der Waals surface area contributed by atoms with Crippen molar-refractivity contribution in [1.82, 2.24) is 9.55 Å². The van der Waals surface area contributed by atoms with Gasteiger partial charge in [-0.3, -0.25) is 14.6 Å². The van der Waals surface area contributed by atoms with E-state index >= 15 is 0 Å². The fourth-order valence-electron chi connectivity index (χ4n) is 4.51. The molecule has 1 N–H and O–H groups in total. The molecule has 5 nitrogen and oxygen atoms in total. The SMILES string of the molecule is O=Cc1c([P+](c2ccccc2)(c2ccccc2)c2ccccc2)[nH]c(=O)n(-c2ccccc2)c1=O. The van der Waals surface area contributed by atoms with E-state index in [-0.39, 0.29) is 5.56 Å². The maximum absolute atomic E-state index is 13.7. The standard InChI is InChI=1S/C29H21N2O3P/c32-21-26-27(30-29(34)31(28(26)33)22-13-5-1-6-14-22)35(23-15-7-2-8-16-23,24-17-9-3-10-18-24)25-19-11-4-12-20-25/h1-21H/p+1. The van der Waals surface area contributed by atoms with E-state index < -0.39 is 18.5 Å². The smallest absolute Gasteiger partial charge is 0.297 e. The number of para-hydroxylation sites is 1. The normalized spacial score (nSPS) is 11.2. The number of carbonyl (C=O) groups is 1. The Hall–Kier alpha value is -4.34. The van der Waals surface area contributed by atoms with E-state index in [1.807, 2.05) is 91.0 Å². The summed E-state index contributed by atoms with van der Waals surface area (Å²) >= 11 is 0. The minimum Gasteiger partial charge on any atom is -0.297 e. The second kappa shape index (κ2) is 9.49. The van der Waals surface area contributed by atoms with E-state index in [4.69, 9.17) is 0 Å². The van der Waals surface area contributed by atoms with Gasteiger partial charge in [-0.05, 0) is 48.5 Å². The number of carbonyl (C=O) groups excluding carboxylic acids is 1. The van der Waals surface area contributed by atoms with Gasteiger partial charge in [0.1, 0.15) is 21.5 Å². The first-order chi connectivity index (χ1) is 17.2. The van der Waals surface area contributed by atoms with Crippen LogP contribution >= 0.6 is 7.26 Å². The van der Waals surface area contributed by atoms with E-state index in [9.17, 15) is 14.4 Å². The van der Waals surface area contributed by atoms with Gasteiger partial charge in [-0.15, -0.1) is 0 Å². The Balaban J connectivity index is 1.97. The molecule has 0 bridgehead atoms. The van der Waals surface area contributed by atoms with E-state index in [1.54, 1.807) is 30.3 Å². The average molecular weight is 477 g/mol. The summed E-state index contributed by atoms with van der Waals surface area (Å²) in [7, 11) is -2.83. The molecule has 0 amide bonds. The van der Waals surface area contributed by atoms with Crippen LogP contribution in [-0.4, -0.2) is 15.8 Å². The van der Waals surface area contributed by atoms with Gasteiger partial charge in [0.05, 0.1) is 5.69 Å². The molecule has 0 radical (unpaired) electrons. The van der Waals surface area contributed by atoms with Crippen LogP contribution in [0.2, 0.25) is 0 Å². The first kappa shape index (κ1) is 22.5. The molecular formula is C29H22N2O3P+. The summed E-state index contributed by atoms with van der Waals surface area (Å²) in [5.41, 5.74) is -0.542. The molecule has 0 atom stereocenters. The zero-order valence-electron chi connectivity index (χ0n) is 18.7. The Morgan fingerprint density at radius 3 is 1.40 bits per heavy atom. The Morgan fingerprint density at radius 2 is 1.00 bits per heavy atom. The van der Waals surface area contributed by atoms with Gasteiger partial charge in [-0.2, -0.15) is 0 Å². The highest BCUT2D eigenvalue weighted by Gasteiger charge is 2.51. The Labute approximate surface area is 202 Å². The van der Waals surface area contributed by atoms with Crippen molar-refractivity contribution in [1.29, 1.82) is 0 Å². The van der Waals surface area contributed by atoms with Gasteiger partial charge in [-0.1, -0.05) is 72.8 Å². The number of nitrogens with one attached hydrogen (secondary N) is 1. The third-order valence-corrected chi connectivity index (χ3v) is 10.3. The lowest BCUT2D eigenvalue weighted by molar-refractivity contribution is 0.112. The van der Waals surface area contributed by atoms with Crippen LogP contribution in [-0.2, 0) is 0 Å². The van der Waals surface area contributed by atoms with Crippen molar-refractivity contribution in [3.05, 3.63) is 148 Å². The van der Waals surface area contributed by atoms with Crippen molar-refractivity contribution in [3.63, 3.8) is 0 Å². The van der Waals surface area contributed by atoms with Crippen molar-refractivity contribution in [3.8, 4) is 5.69 Å². The van der Waals surface area contributed by atoms with Crippen LogP contribution in [0, 0.1) is 0 Å². The summed E-state index contributed by atoms with van der Waals surface area (Å²) in [6.45, 7) is 0. The zero-order valence-corrected chi connectivity index (χ0v) is 19.6. The van der Waals surface area contributed by atoms with Gasteiger partial charge in [0, 0.05) is 0 Å². The number of aromatic amines is 1. The van der Waals surface area contributed by atoms with Crippen LogP contribution in [0.4, 0.5) is 0 Å². The van der Waals surface area contributed by atoms with Gasteiger partial charge in [0.2, 0.25) is 0 Å². The van der Waals surface area contributed by atoms with Crippen molar-refractivity contribution in [2.45, 2.75) is 0 Å². The summed E-state index contributed by atoms with van der Waals surface area (Å²) in [4.78, 5) is 42.8. The third-order valence-electron chi connectivity index (χ3n) is 6.02. The zero-order chi connectivity index (χ0) is 24.3. The highest BCUT2D eigenvalue weighted by atomic mass is 31.2. The van der Waals surface area contributed by atoms with Gasteiger partial charge < -0.3 is 0 Å². The van der Waals surface area contributed by atoms with E-state index in [0.717, 1.165) is 20.5 Å². The molecule has 0 spiro atoms. The topological polar surface area (TPSA) is 71.9 Å². The van der Waals surface area contributed by atoms with Gasteiger partial charge in [0.25, 0.3) is 5.56 Å². The van der Waals surface area contributed by atoms with Crippen LogP contribution in [0.5, 0.6) is 0 Å². The molecule has 5 aromatic rings. The molecule has 6 heteroatoms. The Bertz CT molecular complexity index is 1480. The van der Waals surface area contributed by atoms with Crippen LogP contribution in [0.15, 0.2) is 131 Å². The summed E-state index contributed by atoms with van der Waals surface area (Å²) in [5, 5.41) is 2.77. The number of hydrogen-bond donors (Lipinski definition) is 1. The third kappa shape index (κ3) is 3.76. The summed E-state index contributed by atoms with van der Waals surface area (Å²) in [6.07, 6.45) is 0.566. The molecule has 0 aliphatic carbocycles. The van der Waals surface area contributed by atoms with Gasteiger partial charge in [-0.25, -0.2) is 9.36 Å². The molecule has 0 saturated heterocycles. The molecule has 1 heterocycles. The molecule has 1 aromatic heterocycles. The molecule has 0 aliphatic heterocycles. The number of hydrogen-bond acceptors (Lipinski definition) is 3. The average Bonchev–Trinajstić information content (AvgIpc) is 2.92. The predicted octanol–water partition coefficient (Wildman–Crippen LogP) is 2.96. The number of aldehydes is 1. The highest BCUT2D eigenvalue weighted by Crippen LogP contribution is 2.53. The quantitative estimate of drug-likeness (QED) is 0.302. The first-order valence-electron chi connectivity index (χ1n) is 11.1. The first-order valence-corrected chi connectivity index (χ1v) is 12.9. The number of aromatic nitrogens is 2. The lowest BCUT2D eigenvalue weighted by Gasteiger charge is -2.27. The number of rotatable bonds is 6. The van der Waals surface area contributed by atoms with E-state index in [2.05, 4.69) is 4.98 Å². The number of benzene rings is 4. The Kier molecular flexibility index (Phi) is 6.09. The van der Waals surface area contributed by atoms with Crippen LogP contribution in [0.1, 0.15) is 10.4 Å². The van der Waals surface area contributed by atoms with Gasteiger partial charge >= 0.3 is 5.69 Å². The fraction of sp³-hybridized carbons (Fsp3) is 0. The van der Waals surface area contributed by atoms with Crippen molar-refractivity contribution in [2.75, 3.05) is 0 Å². The molecule has 0 fully saturated rings. The summed E-state index contributed by atoms with van der Waals surface area (Å²) in [6, 6.07) is 37.9. The van der Waals surface area contributed by atoms with E-state index in [1.165, 1.54) is 0 Å². The van der Waals surface area contributed by atoms with Crippen LogP contribution in [0.3, 0.4) is 0 Å². The minimum absolute atomic E-state index is 0.0571. The highest BCUT2D eigenvalue weighted by molar-refractivity contribution is 8.01. The van der Waals surface area contributed by atoms with Crippen molar-refractivity contribution in [2.24, 2.45) is 0 Å². The maximum atomic E-state index is 13.7. The monoisotopic (exact) mass is 477 g/mol. The molecule has 0 aliphatic rings. The molecule has 4 aromatic carbocycles. The molecule has 170 valence electrons. The predicted molar refractivity (Wildman–Crippen MR) is 143 cm³/mol. The molecule has 35 heavy (non-hydrogen) atoms. The summed E-state index contributed by atoms with van der Waals surface area (Å²) < 4.78 is 1.02. The Morgan fingerprint density at radius 1 is 0.600 bits per heavy atom. The van der Waals surface area contributed by atoms with Crippen LogP contribution < -0.4 is 32.6 Å². The number of H-pyrrole nitrogens is 1.